The second kappa shape index (κ2) is 2.80. The van der Waals surface area contributed by atoms with Crippen LogP contribution >= 0.6 is 0 Å². The van der Waals surface area contributed by atoms with Crippen LogP contribution in [0.3, 0.4) is 0 Å². The highest BCUT2D eigenvalue weighted by Crippen LogP contribution is 2.22. The van der Waals surface area contributed by atoms with Crippen molar-refractivity contribution in [3.8, 4) is 0 Å². The third-order valence-corrected chi connectivity index (χ3v) is 1.98. The smallest absolute Gasteiger partial charge is 0.162 e. The maximum absolute atomic E-state index is 13.0. The van der Waals surface area contributed by atoms with Crippen LogP contribution in [0, 0.1) is 18.6 Å². The Hall–Kier alpha value is -1.44. The highest BCUT2D eigenvalue weighted by Gasteiger charge is 2.08. The second-order valence-electron chi connectivity index (χ2n) is 2.81. The second-order valence-corrected chi connectivity index (χ2v) is 2.81. The van der Waals surface area contributed by atoms with Gasteiger partial charge in [-0.3, -0.25) is 0 Å². The number of hydrogen-bond donors (Lipinski definition) is 0. The predicted molar refractivity (Wildman–Crippen MR) is 47.3 cm³/mol. The summed E-state index contributed by atoms with van der Waals surface area (Å²) in [5, 5.41) is 1.15. The molecule has 13 heavy (non-hydrogen) atoms. The van der Waals surface area contributed by atoms with Gasteiger partial charge in [0.25, 0.3) is 0 Å². The molecule has 0 bridgehead atoms. The molecule has 0 aromatic heterocycles. The molecular weight excluding hydrogens is 170 g/mol. The van der Waals surface area contributed by atoms with Gasteiger partial charge in [0.1, 0.15) is 0 Å². The van der Waals surface area contributed by atoms with Gasteiger partial charge in [-0.05, 0) is 16.8 Å². The first kappa shape index (κ1) is 8.17. The summed E-state index contributed by atoms with van der Waals surface area (Å²) in [4.78, 5) is 0. The summed E-state index contributed by atoms with van der Waals surface area (Å²) in [5.74, 6) is -1.88. The fourth-order valence-electron chi connectivity index (χ4n) is 1.31. The van der Waals surface area contributed by atoms with Crippen molar-refractivity contribution < 1.29 is 8.78 Å². The molecule has 0 nitrogen and oxygen atoms in total. The van der Waals surface area contributed by atoms with Crippen molar-refractivity contribution in [2.24, 2.45) is 0 Å². The van der Waals surface area contributed by atoms with E-state index in [9.17, 15) is 8.78 Å². The summed E-state index contributed by atoms with van der Waals surface area (Å²) in [5.41, 5.74) is -0.129. The average Bonchev–Trinajstić information content (AvgIpc) is 2.15. The SMILES string of the molecule is [CH]c1c(F)c(F)cc2ccccc12. The zero-order valence-corrected chi connectivity index (χ0v) is 6.72. The molecule has 0 fully saturated rings. The number of halogens is 2. The number of fused-ring (bicyclic) bond motifs is 1. The lowest BCUT2D eigenvalue weighted by atomic mass is 10.1. The van der Waals surface area contributed by atoms with E-state index in [2.05, 4.69) is 0 Å². The van der Waals surface area contributed by atoms with E-state index in [0.29, 0.717) is 10.8 Å². The fraction of sp³-hybridized carbons (Fsp3) is 0. The summed E-state index contributed by atoms with van der Waals surface area (Å²) >= 11 is 0. The highest BCUT2D eigenvalue weighted by atomic mass is 19.2. The molecule has 64 valence electrons. The lowest BCUT2D eigenvalue weighted by molar-refractivity contribution is 0.508. The summed E-state index contributed by atoms with van der Waals surface area (Å²) in [6.45, 7) is 5.40. The minimum atomic E-state index is -0.973. The van der Waals surface area contributed by atoms with Gasteiger partial charge in [-0.2, -0.15) is 0 Å². The molecule has 2 aromatic carbocycles. The lowest BCUT2D eigenvalue weighted by Gasteiger charge is -2.03. The molecule has 0 heterocycles. The highest BCUT2D eigenvalue weighted by molar-refractivity contribution is 5.86. The van der Waals surface area contributed by atoms with Gasteiger partial charge in [0.15, 0.2) is 11.6 Å². The average molecular weight is 176 g/mol. The Balaban J connectivity index is 2.94. The number of benzene rings is 2. The van der Waals surface area contributed by atoms with Crippen LogP contribution in [0.15, 0.2) is 30.3 Å². The Bertz CT molecular complexity index is 461. The Labute approximate surface area is 74.8 Å². The van der Waals surface area contributed by atoms with E-state index in [0.717, 1.165) is 6.07 Å². The number of hydrogen-bond acceptors (Lipinski definition) is 0. The van der Waals surface area contributed by atoms with Crippen LogP contribution in [-0.4, -0.2) is 0 Å². The van der Waals surface area contributed by atoms with Crippen LogP contribution in [0.2, 0.25) is 0 Å². The maximum atomic E-state index is 13.0. The molecule has 0 atom stereocenters. The molecule has 0 spiro atoms. The third kappa shape index (κ3) is 1.18. The molecule has 0 aliphatic rings. The van der Waals surface area contributed by atoms with Gasteiger partial charge in [-0.1, -0.05) is 24.3 Å². The third-order valence-electron chi connectivity index (χ3n) is 1.98. The van der Waals surface area contributed by atoms with Crippen molar-refractivity contribution in [3.05, 3.63) is 54.5 Å². The topological polar surface area (TPSA) is 0 Å². The summed E-state index contributed by atoms with van der Waals surface area (Å²) in [6, 6.07) is 7.97. The van der Waals surface area contributed by atoms with E-state index < -0.39 is 11.6 Å². The van der Waals surface area contributed by atoms with Crippen LogP contribution in [0.4, 0.5) is 8.78 Å². The van der Waals surface area contributed by atoms with E-state index in [1.54, 1.807) is 24.3 Å². The van der Waals surface area contributed by atoms with Crippen LogP contribution < -0.4 is 0 Å². The molecule has 0 aliphatic carbocycles. The van der Waals surface area contributed by atoms with Crippen LogP contribution in [0.25, 0.3) is 10.8 Å². The fourth-order valence-corrected chi connectivity index (χ4v) is 1.31. The van der Waals surface area contributed by atoms with Gasteiger partial charge >= 0.3 is 0 Å². The minimum absolute atomic E-state index is 0.129. The van der Waals surface area contributed by atoms with Crippen molar-refractivity contribution in [2.45, 2.75) is 0 Å². The first-order chi connectivity index (χ1) is 6.20. The van der Waals surface area contributed by atoms with Crippen LogP contribution in [0.1, 0.15) is 5.56 Å². The van der Waals surface area contributed by atoms with E-state index in [4.69, 9.17) is 6.92 Å². The van der Waals surface area contributed by atoms with Gasteiger partial charge in [0, 0.05) is 12.5 Å². The quantitative estimate of drug-likeness (QED) is 0.578. The van der Waals surface area contributed by atoms with E-state index in [1.165, 1.54) is 0 Å². The largest absolute Gasteiger partial charge is 0.204 e. The first-order valence-electron chi connectivity index (χ1n) is 3.82. The van der Waals surface area contributed by atoms with Gasteiger partial charge in [-0.25, -0.2) is 8.78 Å². The molecular formula is C11H6F2. The van der Waals surface area contributed by atoms with Crippen molar-refractivity contribution in [1.82, 2.24) is 0 Å². The summed E-state index contributed by atoms with van der Waals surface area (Å²) in [7, 11) is 0. The molecule has 0 unspecified atom stereocenters. The van der Waals surface area contributed by atoms with Gasteiger partial charge < -0.3 is 0 Å². The zero-order chi connectivity index (χ0) is 9.42. The standard InChI is InChI=1S/C11H6F2/c1-7-9-5-3-2-4-8(9)6-10(12)11(7)13/h1-6H. The summed E-state index contributed by atoms with van der Waals surface area (Å²) < 4.78 is 25.8. The lowest BCUT2D eigenvalue weighted by Crippen LogP contribution is -1.90. The van der Waals surface area contributed by atoms with Crippen LogP contribution in [-0.2, 0) is 0 Å². The van der Waals surface area contributed by atoms with Gasteiger partial charge in [-0.15, -0.1) is 0 Å². The van der Waals surface area contributed by atoms with E-state index >= 15 is 0 Å². The minimum Gasteiger partial charge on any atom is -0.204 e. The first-order valence-corrected chi connectivity index (χ1v) is 3.82. The molecule has 2 rings (SSSR count). The van der Waals surface area contributed by atoms with Crippen LogP contribution in [0.5, 0.6) is 0 Å². The molecule has 0 aliphatic heterocycles. The molecule has 0 saturated carbocycles. The zero-order valence-electron chi connectivity index (χ0n) is 6.72. The van der Waals surface area contributed by atoms with E-state index in [-0.39, 0.29) is 5.56 Å². The van der Waals surface area contributed by atoms with Gasteiger partial charge in [0.05, 0.1) is 0 Å². The molecule has 0 amide bonds. The Morgan fingerprint density at radius 3 is 2.54 bits per heavy atom. The Morgan fingerprint density at radius 1 is 1.08 bits per heavy atom. The molecule has 2 aromatic rings. The normalized spacial score (nSPS) is 10.7. The molecule has 2 radical (unpaired) electrons. The number of rotatable bonds is 0. The Kier molecular flexibility index (Phi) is 1.76. The predicted octanol–water partition coefficient (Wildman–Crippen LogP) is 3.18. The monoisotopic (exact) mass is 176 g/mol. The molecule has 2 heteroatoms. The van der Waals surface area contributed by atoms with Crippen molar-refractivity contribution in [3.63, 3.8) is 0 Å². The molecule has 0 saturated heterocycles. The van der Waals surface area contributed by atoms with Crippen molar-refractivity contribution in [1.29, 1.82) is 0 Å². The molecule has 0 N–H and O–H groups in total. The van der Waals surface area contributed by atoms with Crippen molar-refractivity contribution in [2.75, 3.05) is 0 Å². The summed E-state index contributed by atoms with van der Waals surface area (Å²) in [6.07, 6.45) is 0. The maximum Gasteiger partial charge on any atom is 0.162 e. The Morgan fingerprint density at radius 2 is 1.77 bits per heavy atom. The van der Waals surface area contributed by atoms with E-state index in [1.807, 2.05) is 0 Å². The van der Waals surface area contributed by atoms with Gasteiger partial charge in [0.2, 0.25) is 0 Å². The van der Waals surface area contributed by atoms with Crippen molar-refractivity contribution >= 4 is 10.8 Å².